The fourth-order valence-electron chi connectivity index (χ4n) is 4.57. The highest BCUT2D eigenvalue weighted by Gasteiger charge is 2.37. The van der Waals surface area contributed by atoms with Crippen LogP contribution < -0.4 is 0 Å². The molecule has 0 N–H and O–H groups in total. The van der Waals surface area contributed by atoms with Crippen LogP contribution in [0.4, 0.5) is 4.39 Å². The minimum absolute atomic E-state index is 0.0440. The van der Waals surface area contributed by atoms with Gasteiger partial charge in [-0.05, 0) is 61.9 Å². The van der Waals surface area contributed by atoms with Crippen molar-refractivity contribution in [2.75, 3.05) is 19.6 Å². The maximum atomic E-state index is 13.4. The minimum Gasteiger partial charge on any atom is -0.335 e. The molecular weight excluding hydrogens is 403 g/mol. The Morgan fingerprint density at radius 3 is 2.37 bits per heavy atom. The van der Waals surface area contributed by atoms with Crippen molar-refractivity contribution in [1.29, 1.82) is 0 Å². The monoisotopic (exact) mass is 430 g/mol. The second kappa shape index (κ2) is 8.86. The molecule has 30 heavy (non-hydrogen) atoms. The summed E-state index contributed by atoms with van der Waals surface area (Å²) in [4.78, 5) is 15.5. The summed E-state index contributed by atoms with van der Waals surface area (Å²) in [6, 6.07) is 15.0. The minimum atomic E-state index is -3.75. The maximum absolute atomic E-state index is 13.4. The predicted molar refractivity (Wildman–Crippen MR) is 113 cm³/mol. The van der Waals surface area contributed by atoms with E-state index in [1.54, 1.807) is 0 Å². The molecule has 2 aliphatic heterocycles. The topological polar surface area (TPSA) is 57.7 Å². The summed E-state index contributed by atoms with van der Waals surface area (Å²) in [5.41, 5.74) is 1.14. The van der Waals surface area contributed by atoms with Crippen molar-refractivity contribution in [2.45, 2.75) is 43.0 Å². The summed E-state index contributed by atoms with van der Waals surface area (Å²) < 4.78 is 40.6. The first-order valence-corrected chi connectivity index (χ1v) is 12.0. The summed E-state index contributed by atoms with van der Waals surface area (Å²) in [5.74, 6) is -0.779. The molecule has 5 nitrogen and oxygen atoms in total. The first kappa shape index (κ1) is 21.0. The highest BCUT2D eigenvalue weighted by Crippen LogP contribution is 2.34. The van der Waals surface area contributed by atoms with Gasteiger partial charge in [0.1, 0.15) is 5.82 Å². The van der Waals surface area contributed by atoms with Crippen LogP contribution in [-0.2, 0) is 14.8 Å². The lowest BCUT2D eigenvalue weighted by atomic mass is 9.91. The van der Waals surface area contributed by atoms with Crippen LogP contribution in [0.25, 0.3) is 0 Å². The maximum Gasteiger partial charge on any atom is 0.243 e. The number of benzene rings is 2. The van der Waals surface area contributed by atoms with Gasteiger partial charge in [0.15, 0.2) is 0 Å². The van der Waals surface area contributed by atoms with Crippen LogP contribution in [0, 0.1) is 11.7 Å². The van der Waals surface area contributed by atoms with Crippen LogP contribution in [0.5, 0.6) is 0 Å². The standard InChI is InChI=1S/C23H27FN2O3S/c24-20-11-13-21(14-12-20)30(28,29)25-15-6-9-19(17-25)23(27)26-16-5-4-10-22(26)18-7-2-1-3-8-18/h1-3,7-8,11-14,19,22H,4-6,9-10,15-17H2. The van der Waals surface area contributed by atoms with Gasteiger partial charge in [-0.2, -0.15) is 4.31 Å². The van der Waals surface area contributed by atoms with Crippen LogP contribution in [0.1, 0.15) is 43.7 Å². The molecule has 4 rings (SSSR count). The number of hydrogen-bond acceptors (Lipinski definition) is 3. The number of likely N-dealkylation sites (tertiary alicyclic amines) is 1. The summed E-state index contributed by atoms with van der Waals surface area (Å²) in [7, 11) is -3.75. The van der Waals surface area contributed by atoms with E-state index >= 15 is 0 Å². The first-order valence-electron chi connectivity index (χ1n) is 10.6. The molecule has 2 atom stereocenters. The number of sulfonamides is 1. The lowest BCUT2D eigenvalue weighted by Gasteiger charge is -2.40. The Bertz CT molecular complexity index is 979. The van der Waals surface area contributed by atoms with Crippen LogP contribution in [0.3, 0.4) is 0 Å². The molecule has 2 aromatic carbocycles. The fraction of sp³-hybridized carbons (Fsp3) is 0.435. The Hall–Kier alpha value is -2.25. The Morgan fingerprint density at radius 2 is 1.63 bits per heavy atom. The highest BCUT2D eigenvalue weighted by atomic mass is 32.2. The molecule has 2 heterocycles. The summed E-state index contributed by atoms with van der Waals surface area (Å²) in [6.07, 6.45) is 4.31. The van der Waals surface area contributed by atoms with Crippen molar-refractivity contribution < 1.29 is 17.6 Å². The second-order valence-corrected chi connectivity index (χ2v) is 10.0. The van der Waals surface area contributed by atoms with Gasteiger partial charge in [-0.15, -0.1) is 0 Å². The molecule has 2 saturated heterocycles. The lowest BCUT2D eigenvalue weighted by Crippen LogP contribution is -2.48. The first-order chi connectivity index (χ1) is 14.5. The van der Waals surface area contributed by atoms with E-state index in [1.165, 1.54) is 16.4 Å². The molecule has 0 saturated carbocycles. The van der Waals surface area contributed by atoms with Crippen LogP contribution >= 0.6 is 0 Å². The Balaban J connectivity index is 1.52. The molecule has 2 unspecified atom stereocenters. The van der Waals surface area contributed by atoms with E-state index in [4.69, 9.17) is 0 Å². The van der Waals surface area contributed by atoms with Crippen molar-refractivity contribution in [3.63, 3.8) is 0 Å². The number of piperidine rings is 2. The molecule has 0 spiro atoms. The average Bonchev–Trinajstić information content (AvgIpc) is 2.79. The number of halogens is 1. The third-order valence-corrected chi connectivity index (χ3v) is 8.03. The quantitative estimate of drug-likeness (QED) is 0.737. The number of rotatable bonds is 4. The zero-order valence-electron chi connectivity index (χ0n) is 16.9. The molecule has 0 aliphatic carbocycles. The summed E-state index contributed by atoms with van der Waals surface area (Å²) in [5, 5.41) is 0. The van der Waals surface area contributed by atoms with E-state index < -0.39 is 15.8 Å². The van der Waals surface area contributed by atoms with Gasteiger partial charge in [-0.25, -0.2) is 12.8 Å². The third kappa shape index (κ3) is 4.27. The molecular formula is C23H27FN2O3S. The molecule has 2 fully saturated rings. The smallest absolute Gasteiger partial charge is 0.243 e. The zero-order valence-corrected chi connectivity index (χ0v) is 17.7. The van der Waals surface area contributed by atoms with Crippen LogP contribution in [-0.4, -0.2) is 43.2 Å². The van der Waals surface area contributed by atoms with Gasteiger partial charge in [0.25, 0.3) is 0 Å². The van der Waals surface area contributed by atoms with E-state index in [0.717, 1.165) is 37.0 Å². The van der Waals surface area contributed by atoms with Crippen molar-refractivity contribution in [2.24, 2.45) is 5.92 Å². The normalized spacial score (nSPS) is 23.3. The number of carbonyl (C=O) groups is 1. The number of hydrogen-bond donors (Lipinski definition) is 0. The van der Waals surface area contributed by atoms with Crippen LogP contribution in [0.2, 0.25) is 0 Å². The Morgan fingerprint density at radius 1 is 0.900 bits per heavy atom. The Labute approximate surface area is 177 Å². The van der Waals surface area contributed by atoms with E-state index in [9.17, 15) is 17.6 Å². The van der Waals surface area contributed by atoms with Gasteiger partial charge in [-0.1, -0.05) is 30.3 Å². The molecule has 2 aromatic rings. The van der Waals surface area contributed by atoms with Gasteiger partial charge in [0, 0.05) is 19.6 Å². The molecule has 7 heteroatoms. The molecule has 0 bridgehead atoms. The van der Waals surface area contributed by atoms with Gasteiger partial charge in [0.2, 0.25) is 15.9 Å². The van der Waals surface area contributed by atoms with Gasteiger partial charge in [0.05, 0.1) is 16.9 Å². The molecule has 160 valence electrons. The Kier molecular flexibility index (Phi) is 6.20. The van der Waals surface area contributed by atoms with Gasteiger partial charge < -0.3 is 4.90 Å². The number of nitrogens with zero attached hydrogens (tertiary/aromatic N) is 2. The fourth-order valence-corrected chi connectivity index (χ4v) is 6.09. The van der Waals surface area contributed by atoms with Crippen LogP contribution in [0.15, 0.2) is 59.5 Å². The molecule has 2 aliphatic rings. The van der Waals surface area contributed by atoms with E-state index in [2.05, 4.69) is 12.1 Å². The van der Waals surface area contributed by atoms with E-state index in [-0.39, 0.29) is 29.3 Å². The molecule has 0 aromatic heterocycles. The number of amides is 1. The lowest BCUT2D eigenvalue weighted by molar-refractivity contribution is -0.140. The molecule has 1 amide bonds. The largest absolute Gasteiger partial charge is 0.335 e. The van der Waals surface area contributed by atoms with Gasteiger partial charge in [-0.3, -0.25) is 4.79 Å². The van der Waals surface area contributed by atoms with E-state index in [1.807, 2.05) is 23.1 Å². The highest BCUT2D eigenvalue weighted by molar-refractivity contribution is 7.89. The average molecular weight is 431 g/mol. The SMILES string of the molecule is O=C(C1CCCN(S(=O)(=O)c2ccc(F)cc2)C1)N1CCCCC1c1ccccc1. The van der Waals surface area contributed by atoms with Crippen molar-refractivity contribution >= 4 is 15.9 Å². The summed E-state index contributed by atoms with van der Waals surface area (Å²) in [6.45, 7) is 1.27. The second-order valence-electron chi connectivity index (χ2n) is 8.11. The zero-order chi connectivity index (χ0) is 21.1. The van der Waals surface area contributed by atoms with Crippen molar-refractivity contribution in [3.05, 3.63) is 66.0 Å². The predicted octanol–water partition coefficient (Wildman–Crippen LogP) is 3.98. The van der Waals surface area contributed by atoms with Crippen molar-refractivity contribution in [1.82, 2.24) is 9.21 Å². The van der Waals surface area contributed by atoms with Crippen molar-refractivity contribution in [3.8, 4) is 0 Å². The summed E-state index contributed by atoms with van der Waals surface area (Å²) >= 11 is 0. The number of carbonyl (C=O) groups excluding carboxylic acids is 1. The molecule has 0 radical (unpaired) electrons. The van der Waals surface area contributed by atoms with Gasteiger partial charge >= 0.3 is 0 Å². The third-order valence-electron chi connectivity index (χ3n) is 6.16. The van der Waals surface area contributed by atoms with E-state index in [0.29, 0.717) is 25.9 Å².